The highest BCUT2D eigenvalue weighted by Gasteiger charge is 2.08. The van der Waals surface area contributed by atoms with E-state index in [0.717, 1.165) is 44.9 Å². The summed E-state index contributed by atoms with van der Waals surface area (Å²) in [7, 11) is 1.68. The number of methoxy groups -OCH3 is 1. The number of nitrogens with one attached hydrogen (secondary N) is 1. The van der Waals surface area contributed by atoms with E-state index in [1.165, 1.54) is 0 Å². The van der Waals surface area contributed by atoms with Gasteiger partial charge in [0.1, 0.15) is 5.75 Å². The van der Waals surface area contributed by atoms with Crippen molar-refractivity contribution in [3.8, 4) is 18.1 Å². The third-order valence-corrected chi connectivity index (χ3v) is 4.12. The fourth-order valence-corrected chi connectivity index (χ4v) is 3.50. The van der Waals surface area contributed by atoms with E-state index in [1.54, 1.807) is 18.9 Å². The molecule has 0 saturated carbocycles. The molecule has 0 aliphatic rings. The van der Waals surface area contributed by atoms with Crippen LogP contribution in [0, 0.1) is 12.3 Å². The van der Waals surface area contributed by atoms with Crippen LogP contribution in [0.2, 0.25) is 0 Å². The van der Waals surface area contributed by atoms with E-state index in [9.17, 15) is 0 Å². The fourth-order valence-electron chi connectivity index (χ4n) is 1.47. The second kappa shape index (κ2) is 8.87. The highest BCUT2D eigenvalue weighted by molar-refractivity contribution is 9.11. The molecule has 0 saturated heterocycles. The fraction of sp³-hybridized carbons (Fsp3) is 0.385. The van der Waals surface area contributed by atoms with Gasteiger partial charge < -0.3 is 10.1 Å². The minimum Gasteiger partial charge on any atom is -0.495 e. The topological polar surface area (TPSA) is 21.3 Å². The van der Waals surface area contributed by atoms with Crippen molar-refractivity contribution in [1.29, 1.82) is 0 Å². The maximum Gasteiger partial charge on any atom is 0.137 e. The second-order valence-electron chi connectivity index (χ2n) is 3.51. The Hall–Kier alpha value is -0.150. The lowest BCUT2D eigenvalue weighted by molar-refractivity contribution is 0.405. The molecular formula is C13H15Br2NOS. The molecule has 0 fully saturated rings. The normalized spacial score (nSPS) is 10.1. The van der Waals surface area contributed by atoms with Gasteiger partial charge in [-0.2, -0.15) is 0 Å². The first-order valence-electron chi connectivity index (χ1n) is 5.43. The van der Waals surface area contributed by atoms with Gasteiger partial charge >= 0.3 is 0 Å². The summed E-state index contributed by atoms with van der Waals surface area (Å²) in [5.41, 5.74) is 1.13. The minimum absolute atomic E-state index is 0.771. The Morgan fingerprint density at radius 1 is 1.44 bits per heavy atom. The van der Waals surface area contributed by atoms with Gasteiger partial charge in [-0.15, -0.1) is 18.2 Å². The zero-order chi connectivity index (χ0) is 13.4. The summed E-state index contributed by atoms with van der Waals surface area (Å²) >= 11 is 8.73. The van der Waals surface area contributed by atoms with Crippen molar-refractivity contribution < 1.29 is 4.74 Å². The van der Waals surface area contributed by atoms with Gasteiger partial charge in [-0.1, -0.05) is 21.9 Å². The average Bonchev–Trinajstić information content (AvgIpc) is 2.33. The molecule has 18 heavy (non-hydrogen) atoms. The van der Waals surface area contributed by atoms with Crippen molar-refractivity contribution in [3.05, 3.63) is 26.6 Å². The first-order valence-corrected chi connectivity index (χ1v) is 8.17. The van der Waals surface area contributed by atoms with Gasteiger partial charge in [-0.25, -0.2) is 0 Å². The molecule has 0 heterocycles. The summed E-state index contributed by atoms with van der Waals surface area (Å²) < 4.78 is 7.38. The summed E-state index contributed by atoms with van der Waals surface area (Å²) in [5.74, 6) is 5.28. The molecule has 0 aliphatic carbocycles. The molecule has 1 rings (SSSR count). The predicted octanol–water partition coefficient (Wildman–Crippen LogP) is 3.68. The van der Waals surface area contributed by atoms with Crippen LogP contribution in [0.15, 0.2) is 21.1 Å². The summed E-state index contributed by atoms with van der Waals surface area (Å²) in [6, 6.07) is 4.04. The quantitative estimate of drug-likeness (QED) is 0.564. The largest absolute Gasteiger partial charge is 0.495 e. The zero-order valence-corrected chi connectivity index (χ0v) is 14.1. The molecule has 1 aromatic rings. The monoisotopic (exact) mass is 391 g/mol. The van der Waals surface area contributed by atoms with Crippen molar-refractivity contribution in [3.63, 3.8) is 0 Å². The van der Waals surface area contributed by atoms with E-state index in [0.29, 0.717) is 0 Å². The molecule has 0 atom stereocenters. The molecule has 5 heteroatoms. The van der Waals surface area contributed by atoms with Crippen molar-refractivity contribution in [1.82, 2.24) is 5.32 Å². The number of ether oxygens (including phenoxy) is 1. The van der Waals surface area contributed by atoms with Crippen LogP contribution in [0.5, 0.6) is 5.75 Å². The number of hydrogen-bond donors (Lipinski definition) is 1. The summed E-state index contributed by atoms with van der Waals surface area (Å²) in [5, 5.41) is 3.38. The Bertz CT molecular complexity index is 432. The van der Waals surface area contributed by atoms with Crippen LogP contribution in [0.3, 0.4) is 0 Å². The summed E-state index contributed by atoms with van der Waals surface area (Å²) in [4.78, 5) is 0. The molecule has 0 unspecified atom stereocenters. The van der Waals surface area contributed by atoms with E-state index < -0.39 is 0 Å². The van der Waals surface area contributed by atoms with Crippen molar-refractivity contribution in [2.75, 3.05) is 25.2 Å². The maximum absolute atomic E-state index is 5.39. The molecule has 0 radical (unpaired) electrons. The third kappa shape index (κ3) is 5.23. The number of rotatable bonds is 7. The molecular weight excluding hydrogens is 378 g/mol. The van der Waals surface area contributed by atoms with Gasteiger partial charge in [-0.05, 0) is 28.1 Å². The predicted molar refractivity (Wildman–Crippen MR) is 86.3 cm³/mol. The van der Waals surface area contributed by atoms with Crippen LogP contribution in [0.4, 0.5) is 0 Å². The van der Waals surface area contributed by atoms with Gasteiger partial charge in [0, 0.05) is 28.9 Å². The smallest absolute Gasteiger partial charge is 0.137 e. The van der Waals surface area contributed by atoms with Gasteiger partial charge in [0.25, 0.3) is 0 Å². The Balaban J connectivity index is 2.49. The Morgan fingerprint density at radius 3 is 2.89 bits per heavy atom. The molecule has 0 aliphatic heterocycles. The van der Waals surface area contributed by atoms with E-state index in [4.69, 9.17) is 11.2 Å². The highest BCUT2D eigenvalue weighted by Crippen LogP contribution is 2.32. The average molecular weight is 393 g/mol. The number of benzene rings is 1. The maximum atomic E-state index is 5.39. The van der Waals surface area contributed by atoms with Gasteiger partial charge in [0.15, 0.2) is 0 Å². The molecule has 1 N–H and O–H groups in total. The number of thioether (sulfide) groups is 1. The summed E-state index contributed by atoms with van der Waals surface area (Å²) in [6.45, 7) is 1.71. The SMILES string of the molecule is C#CCSCCNCc1cc(Br)cc(Br)c1OC. The van der Waals surface area contributed by atoms with E-state index in [1.807, 2.05) is 6.07 Å². The van der Waals surface area contributed by atoms with Crippen LogP contribution in [-0.4, -0.2) is 25.2 Å². The molecule has 98 valence electrons. The number of halogens is 2. The first kappa shape index (κ1) is 15.9. The number of terminal acetylenes is 1. The minimum atomic E-state index is 0.771. The molecule has 0 amide bonds. The van der Waals surface area contributed by atoms with Crippen molar-refractivity contribution in [2.45, 2.75) is 6.54 Å². The zero-order valence-electron chi connectivity index (χ0n) is 10.1. The van der Waals surface area contributed by atoms with E-state index in [2.05, 4.69) is 49.2 Å². The van der Waals surface area contributed by atoms with Gasteiger partial charge in [-0.3, -0.25) is 0 Å². The molecule has 2 nitrogen and oxygen atoms in total. The molecule has 0 aromatic heterocycles. The molecule has 0 bridgehead atoms. The molecule has 1 aromatic carbocycles. The van der Waals surface area contributed by atoms with Gasteiger partial charge in [0.2, 0.25) is 0 Å². The lowest BCUT2D eigenvalue weighted by Crippen LogP contribution is -2.17. The Morgan fingerprint density at radius 2 is 2.22 bits per heavy atom. The highest BCUT2D eigenvalue weighted by atomic mass is 79.9. The van der Waals surface area contributed by atoms with Crippen LogP contribution in [0.1, 0.15) is 5.56 Å². The van der Waals surface area contributed by atoms with E-state index >= 15 is 0 Å². The van der Waals surface area contributed by atoms with Crippen LogP contribution in [-0.2, 0) is 6.54 Å². The van der Waals surface area contributed by atoms with E-state index in [-0.39, 0.29) is 0 Å². The second-order valence-corrected chi connectivity index (χ2v) is 6.39. The Kier molecular flexibility index (Phi) is 7.84. The first-order chi connectivity index (χ1) is 8.69. The van der Waals surface area contributed by atoms with Crippen molar-refractivity contribution in [2.24, 2.45) is 0 Å². The lowest BCUT2D eigenvalue weighted by atomic mass is 10.2. The van der Waals surface area contributed by atoms with Crippen LogP contribution in [0.25, 0.3) is 0 Å². The van der Waals surface area contributed by atoms with Crippen LogP contribution < -0.4 is 10.1 Å². The van der Waals surface area contributed by atoms with Crippen LogP contribution >= 0.6 is 43.6 Å². The molecule has 0 spiro atoms. The standard InChI is InChI=1S/C13H15Br2NOS/c1-3-5-18-6-4-16-9-10-7-11(14)8-12(15)13(10)17-2/h1,7-8,16H,4-6,9H2,2H3. The lowest BCUT2D eigenvalue weighted by Gasteiger charge is -2.12. The Labute approximate surface area is 130 Å². The summed E-state index contributed by atoms with van der Waals surface area (Å²) in [6.07, 6.45) is 5.19. The third-order valence-electron chi connectivity index (χ3n) is 2.21. The number of hydrogen-bond acceptors (Lipinski definition) is 3. The van der Waals surface area contributed by atoms with Crippen molar-refractivity contribution >= 4 is 43.6 Å². The van der Waals surface area contributed by atoms with Gasteiger partial charge in [0.05, 0.1) is 17.3 Å².